The average molecular weight is 443 g/mol. The summed E-state index contributed by atoms with van der Waals surface area (Å²) in [6.45, 7) is 7.61. The molecule has 0 heterocycles. The molecule has 2 aromatic carbocycles. The first-order valence-corrected chi connectivity index (χ1v) is 11.7. The van der Waals surface area contributed by atoms with Crippen LogP contribution in [0.3, 0.4) is 0 Å². The molecule has 0 aliphatic rings. The number of unbranched alkanes of at least 4 members (excludes halogenated alkanes) is 2. The van der Waals surface area contributed by atoms with Crippen LogP contribution in [0.1, 0.15) is 50.7 Å². The average Bonchev–Trinajstić information content (AvgIpc) is 2.77. The van der Waals surface area contributed by atoms with Crippen LogP contribution < -0.4 is 21.3 Å². The molecule has 0 unspecified atom stereocenters. The lowest BCUT2D eigenvalue weighted by Crippen LogP contribution is -2.35. The number of hydrogen-bond acceptors (Lipinski definition) is 2. The number of hydrogen-bond donors (Lipinski definition) is 4. The van der Waals surface area contributed by atoms with Crippen molar-refractivity contribution in [1.29, 1.82) is 0 Å². The second-order valence-corrected chi connectivity index (χ2v) is 8.14. The van der Waals surface area contributed by atoms with E-state index in [1.54, 1.807) is 0 Å². The normalized spacial score (nSPS) is 10.3. The highest BCUT2D eigenvalue weighted by Crippen LogP contribution is 2.21. The minimum absolute atomic E-state index is 0.713. The first kappa shape index (κ1) is 24.1. The Hall–Kier alpha value is -2.18. The zero-order valence-electron chi connectivity index (χ0n) is 18.1. The van der Waals surface area contributed by atoms with Gasteiger partial charge in [-0.15, -0.1) is 0 Å². The maximum Gasteiger partial charge on any atom is 0.166 e. The Morgan fingerprint density at radius 3 is 1.50 bits per heavy atom. The minimum atomic E-state index is 0.713. The molecule has 0 aliphatic carbocycles. The minimum Gasteiger partial charge on any atom is -0.363 e. The fraction of sp³-hybridized carbons (Fsp3) is 0.417. The van der Waals surface area contributed by atoms with Gasteiger partial charge in [-0.3, -0.25) is 0 Å². The van der Waals surface area contributed by atoms with Gasteiger partial charge in [-0.1, -0.05) is 63.1 Å². The van der Waals surface area contributed by atoms with E-state index in [2.05, 4.69) is 83.6 Å². The van der Waals surface area contributed by atoms with Crippen LogP contribution in [0, 0.1) is 0 Å². The summed E-state index contributed by atoms with van der Waals surface area (Å²) in [6, 6.07) is 17.1. The van der Waals surface area contributed by atoms with E-state index in [1.165, 1.54) is 22.3 Å². The summed E-state index contributed by atoms with van der Waals surface area (Å²) >= 11 is 10.7. The van der Waals surface area contributed by atoms with E-state index in [0.29, 0.717) is 23.3 Å². The Morgan fingerprint density at radius 2 is 1.10 bits per heavy atom. The van der Waals surface area contributed by atoms with Gasteiger partial charge in [-0.25, -0.2) is 0 Å². The zero-order chi connectivity index (χ0) is 21.6. The summed E-state index contributed by atoms with van der Waals surface area (Å²) in [6.07, 6.45) is 4.57. The van der Waals surface area contributed by atoms with Crippen LogP contribution in [0.4, 0.5) is 0 Å². The lowest BCUT2D eigenvalue weighted by Gasteiger charge is -2.12. The molecule has 0 bridgehead atoms. The predicted molar refractivity (Wildman–Crippen MR) is 137 cm³/mol. The third-order valence-corrected chi connectivity index (χ3v) is 5.30. The first-order chi connectivity index (χ1) is 14.6. The van der Waals surface area contributed by atoms with Crippen molar-refractivity contribution in [2.45, 2.75) is 52.6 Å². The van der Waals surface area contributed by atoms with Gasteiger partial charge in [-0.05, 0) is 71.7 Å². The van der Waals surface area contributed by atoms with Crippen LogP contribution in [0.25, 0.3) is 11.1 Å². The molecular formula is C24H34N4S2. The zero-order valence-corrected chi connectivity index (χ0v) is 19.7. The van der Waals surface area contributed by atoms with Crippen molar-refractivity contribution in [2.24, 2.45) is 0 Å². The van der Waals surface area contributed by atoms with Crippen molar-refractivity contribution in [3.8, 4) is 11.1 Å². The highest BCUT2D eigenvalue weighted by Gasteiger charge is 2.03. The molecule has 0 fully saturated rings. The second kappa shape index (κ2) is 13.9. The van der Waals surface area contributed by atoms with Gasteiger partial charge in [-0.2, -0.15) is 0 Å². The summed E-state index contributed by atoms with van der Waals surface area (Å²) in [5, 5.41) is 14.5. The highest BCUT2D eigenvalue weighted by molar-refractivity contribution is 7.80. The van der Waals surface area contributed by atoms with E-state index in [-0.39, 0.29) is 0 Å². The Morgan fingerprint density at radius 1 is 0.667 bits per heavy atom. The van der Waals surface area contributed by atoms with Gasteiger partial charge < -0.3 is 21.3 Å². The van der Waals surface area contributed by atoms with Gasteiger partial charge >= 0.3 is 0 Å². The SMILES string of the molecule is CCCCNC(=S)NCc1cccc(-c2cccc(CNC(=S)NCCCC)c2)c1. The number of thiocarbonyl (C=S) groups is 2. The summed E-state index contributed by atoms with van der Waals surface area (Å²) in [5.74, 6) is 0. The smallest absolute Gasteiger partial charge is 0.166 e. The highest BCUT2D eigenvalue weighted by atomic mass is 32.1. The molecule has 0 spiro atoms. The Balaban J connectivity index is 1.91. The topological polar surface area (TPSA) is 48.1 Å². The number of nitrogens with one attached hydrogen (secondary N) is 4. The fourth-order valence-corrected chi connectivity index (χ4v) is 3.32. The third kappa shape index (κ3) is 9.09. The molecule has 4 N–H and O–H groups in total. The van der Waals surface area contributed by atoms with Gasteiger partial charge in [0.05, 0.1) is 0 Å². The van der Waals surface area contributed by atoms with Crippen LogP contribution in [0.15, 0.2) is 48.5 Å². The molecule has 30 heavy (non-hydrogen) atoms. The lowest BCUT2D eigenvalue weighted by molar-refractivity contribution is 0.739. The molecule has 0 saturated carbocycles. The van der Waals surface area contributed by atoms with Crippen molar-refractivity contribution in [3.63, 3.8) is 0 Å². The fourth-order valence-electron chi connectivity index (χ4n) is 2.97. The van der Waals surface area contributed by atoms with Crippen molar-refractivity contribution in [3.05, 3.63) is 59.7 Å². The van der Waals surface area contributed by atoms with Crippen molar-refractivity contribution >= 4 is 34.7 Å². The summed E-state index contributed by atoms with van der Waals surface area (Å²) in [4.78, 5) is 0. The Kier molecular flexibility index (Phi) is 11.2. The van der Waals surface area contributed by atoms with E-state index in [0.717, 1.165) is 38.8 Å². The predicted octanol–water partition coefficient (Wildman–Crippen LogP) is 4.88. The third-order valence-electron chi connectivity index (χ3n) is 4.73. The maximum absolute atomic E-state index is 5.35. The van der Waals surface area contributed by atoms with E-state index >= 15 is 0 Å². The van der Waals surface area contributed by atoms with Crippen molar-refractivity contribution in [2.75, 3.05) is 13.1 Å². The molecule has 0 amide bonds. The van der Waals surface area contributed by atoms with Gasteiger partial charge in [0.2, 0.25) is 0 Å². The van der Waals surface area contributed by atoms with Gasteiger partial charge in [0, 0.05) is 26.2 Å². The molecule has 0 aliphatic heterocycles. The largest absolute Gasteiger partial charge is 0.363 e. The molecule has 2 rings (SSSR count). The molecular weight excluding hydrogens is 408 g/mol. The Bertz CT molecular complexity index is 740. The quantitative estimate of drug-likeness (QED) is 0.294. The van der Waals surface area contributed by atoms with Gasteiger partial charge in [0.25, 0.3) is 0 Å². The standard InChI is InChI=1S/C24H34N4S2/c1-3-5-13-25-23(29)27-17-19-9-7-11-21(15-19)22-12-8-10-20(16-22)18-28-24(30)26-14-6-4-2/h7-12,15-16H,3-6,13-14,17-18H2,1-2H3,(H2,25,27,29)(H2,26,28,30). The molecule has 0 saturated heterocycles. The van der Waals surface area contributed by atoms with Gasteiger partial charge in [0.1, 0.15) is 0 Å². The summed E-state index contributed by atoms with van der Waals surface area (Å²) < 4.78 is 0. The molecule has 0 aromatic heterocycles. The summed E-state index contributed by atoms with van der Waals surface area (Å²) in [5.41, 5.74) is 4.81. The first-order valence-electron chi connectivity index (χ1n) is 10.8. The molecule has 6 heteroatoms. The van der Waals surface area contributed by atoms with Crippen LogP contribution >= 0.6 is 24.4 Å². The molecule has 0 radical (unpaired) electrons. The van der Waals surface area contributed by atoms with Crippen LogP contribution in [-0.2, 0) is 13.1 Å². The molecule has 162 valence electrons. The van der Waals surface area contributed by atoms with Crippen molar-refractivity contribution in [1.82, 2.24) is 21.3 Å². The molecule has 4 nitrogen and oxygen atoms in total. The van der Waals surface area contributed by atoms with E-state index < -0.39 is 0 Å². The van der Waals surface area contributed by atoms with E-state index in [4.69, 9.17) is 24.4 Å². The lowest BCUT2D eigenvalue weighted by atomic mass is 10.0. The van der Waals surface area contributed by atoms with Gasteiger partial charge in [0.15, 0.2) is 10.2 Å². The maximum atomic E-state index is 5.35. The van der Waals surface area contributed by atoms with Crippen LogP contribution in [0.5, 0.6) is 0 Å². The molecule has 2 aromatic rings. The van der Waals surface area contributed by atoms with E-state index in [1.807, 2.05) is 0 Å². The monoisotopic (exact) mass is 442 g/mol. The number of rotatable bonds is 11. The van der Waals surface area contributed by atoms with Crippen LogP contribution in [-0.4, -0.2) is 23.3 Å². The van der Waals surface area contributed by atoms with Crippen LogP contribution in [0.2, 0.25) is 0 Å². The number of benzene rings is 2. The van der Waals surface area contributed by atoms with E-state index in [9.17, 15) is 0 Å². The second-order valence-electron chi connectivity index (χ2n) is 7.33. The summed E-state index contributed by atoms with van der Waals surface area (Å²) in [7, 11) is 0. The van der Waals surface area contributed by atoms with Crippen molar-refractivity contribution < 1.29 is 0 Å². The Labute approximate surface area is 192 Å². The molecule has 0 atom stereocenters.